The summed E-state index contributed by atoms with van der Waals surface area (Å²) in [5, 5.41) is 29.5. The summed E-state index contributed by atoms with van der Waals surface area (Å²) in [5.74, 6) is 0. The molecule has 0 saturated carbocycles. The Morgan fingerprint density at radius 3 is 0.500 bits per heavy atom. The maximum atomic E-state index is 8.34. The van der Waals surface area contributed by atoms with E-state index >= 15 is 0 Å². The summed E-state index contributed by atoms with van der Waals surface area (Å²) in [4.78, 5) is 16.5. The van der Waals surface area contributed by atoms with Crippen molar-refractivity contribution < 1.29 is 81.5 Å². The van der Waals surface area contributed by atoms with Gasteiger partial charge in [0.15, 0.2) is 0 Å². The molecule has 0 atom stereocenters. The van der Waals surface area contributed by atoms with Crippen molar-refractivity contribution in [3.8, 4) is 0 Å². The molecule has 0 aliphatic carbocycles. The first-order valence-corrected chi connectivity index (χ1v) is 2.30. The molecule has 0 heterocycles. The molecule has 0 fully saturated rings. The van der Waals surface area contributed by atoms with Crippen LogP contribution in [0.3, 0.4) is 0 Å². The summed E-state index contributed by atoms with van der Waals surface area (Å²) in [6, 6.07) is 0. The first-order chi connectivity index (χ1) is 4.46. The van der Waals surface area contributed by atoms with Crippen molar-refractivity contribution in [2.75, 3.05) is 0 Å². The van der Waals surface area contributed by atoms with E-state index < -0.39 is 10.2 Å². The van der Waals surface area contributed by atoms with Crippen molar-refractivity contribution in [1.82, 2.24) is 0 Å². The average Bonchev–Trinajstić information content (AvgIpc) is 1.66. The molecule has 0 aliphatic heterocycles. The monoisotopic (exact) mass is 374 g/mol. The number of nitrogens with zero attached hydrogens (tertiary/aromatic N) is 2. The third-order valence-electron chi connectivity index (χ3n) is 0. The van der Waals surface area contributed by atoms with Gasteiger partial charge in [-0.2, -0.15) is 0 Å². The number of hydrogen-bond acceptors (Lipinski definition) is 7. The quantitative estimate of drug-likeness (QED) is 0.290. The first-order valence-electron chi connectivity index (χ1n) is 1.30. The fourth-order valence-electron chi connectivity index (χ4n) is 0. The summed E-state index contributed by atoms with van der Waals surface area (Å²) >= 11 is 0.300. The van der Waals surface area contributed by atoms with Gasteiger partial charge in [0.2, 0.25) is 0 Å². The molecule has 0 spiro atoms. The topological polar surface area (TPSA) is 401 Å². The van der Waals surface area contributed by atoms with Gasteiger partial charge in [0.05, 0.1) is 10.2 Å². The Morgan fingerprint density at radius 1 is 0.500 bits per heavy atom. The van der Waals surface area contributed by atoms with E-state index in [-0.39, 0.29) is 43.8 Å². The van der Waals surface area contributed by atoms with E-state index in [4.69, 9.17) is 33.5 Å². The summed E-state index contributed by atoms with van der Waals surface area (Å²) in [6.45, 7) is 0. The molecule has 0 aromatic carbocycles. The molecule has 0 aliphatic rings. The Bertz CT molecular complexity index is 82.7. The van der Waals surface area contributed by atoms with E-state index in [0.29, 0.717) is 24.7 Å². The second-order valence-electron chi connectivity index (χ2n) is 0.447. The Balaban J connectivity index is -0.00000000382. The van der Waals surface area contributed by atoms with Gasteiger partial charge in [-0.25, -0.2) is 0 Å². The van der Waals surface area contributed by atoms with Crippen LogP contribution in [0.15, 0.2) is 0 Å². The predicted octanol–water partition coefficient (Wildman–Crippen LogP) is -7.20. The van der Waals surface area contributed by atoms with Crippen LogP contribution in [0.1, 0.15) is 0 Å². The molecule has 16 N–H and O–H groups in total. The van der Waals surface area contributed by atoms with E-state index in [9.17, 15) is 0 Å². The van der Waals surface area contributed by atoms with Gasteiger partial charge in [-0.3, -0.25) is 0 Å². The van der Waals surface area contributed by atoms with Gasteiger partial charge in [-0.15, -0.1) is 0 Å². The van der Waals surface area contributed by atoms with Gasteiger partial charge in [0.25, 0.3) is 0 Å². The van der Waals surface area contributed by atoms with Gasteiger partial charge in [0.1, 0.15) is 0 Å². The van der Waals surface area contributed by atoms with E-state index in [1.807, 2.05) is 0 Å². The van der Waals surface area contributed by atoms with E-state index in [1.165, 1.54) is 0 Å². The zero-order chi connectivity index (χ0) is 9.15. The van der Waals surface area contributed by atoms with Crippen LogP contribution < -0.4 is 0 Å². The maximum absolute atomic E-state index is 8.34. The third-order valence-corrected chi connectivity index (χ3v) is 0. The van der Waals surface area contributed by atoms with Crippen molar-refractivity contribution in [3.05, 3.63) is 30.6 Å². The van der Waals surface area contributed by atoms with Gasteiger partial charge in [0, 0.05) is 0 Å². The molecule has 18 heteroatoms. The Hall–Kier alpha value is -1.24. The number of hydrogen-bond donors (Lipinski definition) is 0. The molecule has 18 heavy (non-hydrogen) atoms. The second-order valence-corrected chi connectivity index (χ2v) is 0.447. The summed E-state index contributed by atoms with van der Waals surface area (Å²) in [7, 11) is 0. The normalized spacial score (nSPS) is 3.00. The average molecular weight is 375 g/mol. The Kier molecular flexibility index (Phi) is 1060. The second kappa shape index (κ2) is 151. The van der Waals surface area contributed by atoms with Crippen molar-refractivity contribution in [2.45, 2.75) is 0 Å². The van der Waals surface area contributed by atoms with E-state index in [1.54, 1.807) is 0 Å². The Morgan fingerprint density at radius 2 is 0.500 bits per heavy atom. The minimum atomic E-state index is -1.75. The van der Waals surface area contributed by atoms with Crippen LogP contribution in [-0.2, 0) is 27.5 Å². The van der Waals surface area contributed by atoms with Crippen LogP contribution in [0.4, 0.5) is 0 Å². The molecule has 17 nitrogen and oxygen atoms in total. The van der Waals surface area contributed by atoms with Crippen LogP contribution in [0.5, 0.6) is 0 Å². The minimum absolute atomic E-state index is 0. The fourth-order valence-corrected chi connectivity index (χ4v) is 0. The van der Waals surface area contributed by atoms with Gasteiger partial charge < -0.3 is 74.5 Å². The van der Waals surface area contributed by atoms with Gasteiger partial charge in [-0.1, -0.05) is 0 Å². The molecule has 0 amide bonds. The SMILES string of the molecule is O.O.O.O.O.O.O.O.O=[N+]([O-])[O-].O=[N+]([O-])[O-].[O]=[Zr+2]. The van der Waals surface area contributed by atoms with Gasteiger partial charge in [-0.05, 0) is 0 Å². The molecule has 0 unspecified atom stereocenters. The van der Waals surface area contributed by atoms with Crippen LogP contribution in [0, 0.1) is 30.6 Å². The molecule has 0 aromatic rings. The molecule has 0 radical (unpaired) electrons. The number of rotatable bonds is 0. The van der Waals surface area contributed by atoms with Gasteiger partial charge >= 0.3 is 27.5 Å². The Labute approximate surface area is 113 Å². The molecular weight excluding hydrogens is 359 g/mol. The zero-order valence-corrected chi connectivity index (χ0v) is 10.7. The standard InChI is InChI=1S/2NO3.8H2O.O.Zr/c2*2-1(3)4;;;;;;;;;;/h;;8*1H2;;/q2*-1;;;;;;;;;;+2. The fraction of sp³-hybridized carbons (Fsp3) is 0. The molecule has 0 aromatic heterocycles. The van der Waals surface area contributed by atoms with Crippen LogP contribution in [0.2, 0.25) is 0 Å². The first kappa shape index (κ1) is 125. The summed E-state index contributed by atoms with van der Waals surface area (Å²) in [5.41, 5.74) is 0. The molecule has 0 bridgehead atoms. The van der Waals surface area contributed by atoms with Crippen molar-refractivity contribution >= 4 is 0 Å². The van der Waals surface area contributed by atoms with Crippen molar-refractivity contribution in [2.24, 2.45) is 0 Å². The van der Waals surface area contributed by atoms with Crippen LogP contribution in [-0.4, -0.2) is 54.0 Å². The molecule has 0 rings (SSSR count). The van der Waals surface area contributed by atoms with E-state index in [0.717, 1.165) is 0 Å². The van der Waals surface area contributed by atoms with Crippen molar-refractivity contribution in [1.29, 1.82) is 0 Å². The zero-order valence-electron chi connectivity index (χ0n) is 8.25. The van der Waals surface area contributed by atoms with Crippen molar-refractivity contribution in [3.63, 3.8) is 0 Å². The summed E-state index contributed by atoms with van der Waals surface area (Å²) < 4.78 is 8.34. The van der Waals surface area contributed by atoms with Crippen LogP contribution in [0.25, 0.3) is 0 Å². The third kappa shape index (κ3) is 1830. The predicted molar refractivity (Wildman–Crippen MR) is 50.3 cm³/mol. The summed E-state index contributed by atoms with van der Waals surface area (Å²) in [6.07, 6.45) is 0. The van der Waals surface area contributed by atoms with Crippen LogP contribution >= 0.6 is 0 Å². The molecule has 120 valence electrons. The molecular formula is H16N2O15Zr. The molecule has 0 saturated heterocycles. The van der Waals surface area contributed by atoms with E-state index in [2.05, 4.69) is 0 Å².